The van der Waals surface area contributed by atoms with Crippen molar-refractivity contribution in [2.45, 2.75) is 32.1 Å². The summed E-state index contributed by atoms with van der Waals surface area (Å²) in [5, 5.41) is 4.67. The van der Waals surface area contributed by atoms with Gasteiger partial charge in [0.25, 0.3) is 0 Å². The van der Waals surface area contributed by atoms with E-state index in [2.05, 4.69) is 170 Å². The Balaban J connectivity index is 1.23. The summed E-state index contributed by atoms with van der Waals surface area (Å²) in [5.74, 6) is 0.949. The second kappa shape index (κ2) is 10.5. The smallest absolute Gasteiger partial charge is 0.145 e. The van der Waals surface area contributed by atoms with E-state index >= 15 is 0 Å². The van der Waals surface area contributed by atoms with Gasteiger partial charge in [-0.3, -0.25) is 0 Å². The Morgan fingerprint density at radius 2 is 1.47 bits per heavy atom. The first-order valence-electron chi connectivity index (χ1n) is 19.1. The van der Waals surface area contributed by atoms with Crippen LogP contribution in [0.15, 0.2) is 167 Å². The van der Waals surface area contributed by atoms with Crippen LogP contribution in [-0.4, -0.2) is 4.57 Å². The normalized spacial score (nSPS) is 21.4. The van der Waals surface area contributed by atoms with E-state index in [1.807, 2.05) is 0 Å². The molecule has 0 aliphatic heterocycles. The van der Waals surface area contributed by atoms with E-state index in [0.717, 1.165) is 45.9 Å². The lowest BCUT2D eigenvalue weighted by Gasteiger charge is -2.37. The summed E-state index contributed by atoms with van der Waals surface area (Å²) in [5.41, 5.74) is 19.1. The summed E-state index contributed by atoms with van der Waals surface area (Å²) in [6.45, 7) is 4.81. The Labute approximate surface area is 308 Å². The molecule has 0 radical (unpaired) electrons. The van der Waals surface area contributed by atoms with Crippen LogP contribution in [0.2, 0.25) is 0 Å². The van der Waals surface area contributed by atoms with Gasteiger partial charge in [-0.05, 0) is 111 Å². The fourth-order valence-corrected chi connectivity index (χ4v) is 10.7. The number of para-hydroxylation sites is 3. The van der Waals surface area contributed by atoms with E-state index in [0.29, 0.717) is 11.8 Å². The van der Waals surface area contributed by atoms with E-state index in [1.54, 1.807) is 5.57 Å². The molecule has 3 atom stereocenters. The number of rotatable bonds is 2. The summed E-state index contributed by atoms with van der Waals surface area (Å²) < 4.78 is 9.26. The quantitative estimate of drug-likeness (QED) is 0.178. The number of aromatic nitrogens is 1. The molecule has 1 spiro atoms. The highest BCUT2D eigenvalue weighted by molar-refractivity contribution is 6.27. The molecule has 0 saturated carbocycles. The molecule has 0 fully saturated rings. The third kappa shape index (κ3) is 3.68. The first-order chi connectivity index (χ1) is 26.1. The van der Waals surface area contributed by atoms with Crippen molar-refractivity contribution in [1.29, 1.82) is 0 Å². The summed E-state index contributed by atoms with van der Waals surface area (Å²) >= 11 is 0. The summed E-state index contributed by atoms with van der Waals surface area (Å²) in [7, 11) is 0. The molecule has 53 heavy (non-hydrogen) atoms. The molecule has 2 heteroatoms. The van der Waals surface area contributed by atoms with Crippen molar-refractivity contribution in [3.8, 4) is 16.8 Å². The zero-order chi connectivity index (χ0) is 35.0. The van der Waals surface area contributed by atoms with Gasteiger partial charge in [-0.25, -0.2) is 0 Å². The fraction of sp³-hybridized carbons (Fsp3) is 0.137. The monoisotopic (exact) mass is 679 g/mol. The molecule has 2 nitrogen and oxygen atoms in total. The predicted octanol–water partition coefficient (Wildman–Crippen LogP) is 13.4. The largest absolute Gasteiger partial charge is 0.455 e. The number of allylic oxidation sites excluding steroid dienone is 8. The molecule has 0 bridgehead atoms. The second-order valence-electron chi connectivity index (χ2n) is 15.6. The van der Waals surface area contributed by atoms with Crippen LogP contribution in [0.3, 0.4) is 0 Å². The Bertz CT molecular complexity index is 3030. The molecular formula is C51H37NO. The van der Waals surface area contributed by atoms with Gasteiger partial charge in [0.15, 0.2) is 0 Å². The number of fused-ring (bicyclic) bond motifs is 16. The molecule has 6 aromatic carbocycles. The van der Waals surface area contributed by atoms with Gasteiger partial charge in [0.1, 0.15) is 11.2 Å². The number of hydrogen-bond donors (Lipinski definition) is 0. The Kier molecular flexibility index (Phi) is 5.83. The standard InChI is InChI=1S/C51H37NO/c1-30-23-26-43-40(27-30)34-16-6-9-20-42(34)51(43)44-28-32(24-25-35(44)37-19-12-13-31(2)48(37)51)39-29-41-36-17-8-11-22-46(36)53-50(41)47-38-18-7-10-21-45(38)52(49(39)47)33-14-4-3-5-15-33/h3-12,14-22,24-31H,13,23H2,1-2H3. The van der Waals surface area contributed by atoms with Crippen LogP contribution >= 0.6 is 0 Å². The highest BCUT2D eigenvalue weighted by Crippen LogP contribution is 2.66. The minimum absolute atomic E-state index is 0.314. The number of hydrogen-bond acceptors (Lipinski definition) is 1. The highest BCUT2D eigenvalue weighted by atomic mass is 16.3. The maximum Gasteiger partial charge on any atom is 0.145 e. The van der Waals surface area contributed by atoms with Gasteiger partial charge in [-0.1, -0.05) is 129 Å². The molecule has 0 N–H and O–H groups in total. The zero-order valence-corrected chi connectivity index (χ0v) is 29.9. The summed E-state index contributed by atoms with van der Waals surface area (Å²) in [6.07, 6.45) is 12.1. The molecule has 2 heterocycles. The van der Waals surface area contributed by atoms with E-state index in [-0.39, 0.29) is 5.41 Å². The molecule has 0 amide bonds. The van der Waals surface area contributed by atoms with Gasteiger partial charge in [-0.2, -0.15) is 0 Å². The van der Waals surface area contributed by atoms with Crippen LogP contribution < -0.4 is 0 Å². The first kappa shape index (κ1) is 29.5. The predicted molar refractivity (Wildman–Crippen MR) is 220 cm³/mol. The SMILES string of the molecule is CC1C=C2C(=CC1)C1(C3=C(C=CCC3C)c3ccc(-c4cc5c6ccccc6oc5c5c6ccccc6n(-c6ccccc6)c45)cc31)c1ccccc12. The number of benzene rings is 6. The van der Waals surface area contributed by atoms with Gasteiger partial charge < -0.3 is 8.98 Å². The Morgan fingerprint density at radius 3 is 2.38 bits per heavy atom. The van der Waals surface area contributed by atoms with Gasteiger partial charge >= 0.3 is 0 Å². The van der Waals surface area contributed by atoms with Crippen LogP contribution in [0, 0.1) is 11.8 Å². The van der Waals surface area contributed by atoms with Crippen molar-refractivity contribution in [3.63, 3.8) is 0 Å². The second-order valence-corrected chi connectivity index (χ2v) is 15.6. The van der Waals surface area contributed by atoms with Gasteiger partial charge in [0.2, 0.25) is 0 Å². The average molecular weight is 680 g/mol. The van der Waals surface area contributed by atoms with Crippen LogP contribution in [0.1, 0.15) is 48.9 Å². The van der Waals surface area contributed by atoms with Crippen molar-refractivity contribution in [1.82, 2.24) is 4.57 Å². The Hall–Kier alpha value is -6.12. The molecular weight excluding hydrogens is 643 g/mol. The molecule has 252 valence electrons. The third-order valence-electron chi connectivity index (χ3n) is 12.7. The van der Waals surface area contributed by atoms with Crippen LogP contribution in [0.4, 0.5) is 0 Å². The maximum atomic E-state index is 6.81. The average Bonchev–Trinajstić information content (AvgIpc) is 3.91. The van der Waals surface area contributed by atoms with Crippen molar-refractivity contribution in [2.75, 3.05) is 0 Å². The summed E-state index contributed by atoms with van der Waals surface area (Å²) in [4.78, 5) is 0. The van der Waals surface area contributed by atoms with Crippen LogP contribution in [-0.2, 0) is 5.41 Å². The van der Waals surface area contributed by atoms with E-state index in [9.17, 15) is 0 Å². The molecule has 8 aromatic rings. The lowest BCUT2D eigenvalue weighted by atomic mass is 9.64. The highest BCUT2D eigenvalue weighted by Gasteiger charge is 2.56. The third-order valence-corrected chi connectivity index (χ3v) is 12.7. The van der Waals surface area contributed by atoms with E-state index in [4.69, 9.17) is 4.42 Å². The van der Waals surface area contributed by atoms with Gasteiger partial charge in [0.05, 0.1) is 21.8 Å². The molecule has 4 aliphatic rings. The molecule has 0 saturated heterocycles. The molecule has 4 aliphatic carbocycles. The van der Waals surface area contributed by atoms with Gasteiger partial charge in [-0.15, -0.1) is 0 Å². The first-order valence-corrected chi connectivity index (χ1v) is 19.1. The Morgan fingerprint density at radius 1 is 0.679 bits per heavy atom. The topological polar surface area (TPSA) is 18.1 Å². The summed E-state index contributed by atoms with van der Waals surface area (Å²) in [6, 6.07) is 47.2. The lowest BCUT2D eigenvalue weighted by molar-refractivity contribution is 0.586. The maximum absolute atomic E-state index is 6.81. The minimum Gasteiger partial charge on any atom is -0.455 e. The number of furan rings is 1. The van der Waals surface area contributed by atoms with Crippen LogP contribution in [0.25, 0.3) is 71.7 Å². The van der Waals surface area contributed by atoms with E-state index in [1.165, 1.54) is 66.5 Å². The molecule has 2 aromatic heterocycles. The lowest BCUT2D eigenvalue weighted by Crippen LogP contribution is -2.31. The zero-order valence-electron chi connectivity index (χ0n) is 29.9. The fourth-order valence-electron chi connectivity index (χ4n) is 10.7. The van der Waals surface area contributed by atoms with Crippen LogP contribution in [0.5, 0.6) is 0 Å². The van der Waals surface area contributed by atoms with Crippen molar-refractivity contribution in [3.05, 3.63) is 185 Å². The van der Waals surface area contributed by atoms with Gasteiger partial charge in [0, 0.05) is 27.4 Å². The van der Waals surface area contributed by atoms with E-state index < -0.39 is 0 Å². The minimum atomic E-state index is -0.314. The number of nitrogens with zero attached hydrogens (tertiary/aromatic N) is 1. The van der Waals surface area contributed by atoms with Crippen molar-refractivity contribution < 1.29 is 4.42 Å². The molecule has 12 rings (SSSR count). The van der Waals surface area contributed by atoms with Crippen molar-refractivity contribution in [2.24, 2.45) is 11.8 Å². The molecule has 3 unspecified atom stereocenters. The van der Waals surface area contributed by atoms with Crippen molar-refractivity contribution >= 4 is 54.9 Å².